The van der Waals surface area contributed by atoms with Crippen LogP contribution in [0.5, 0.6) is 11.5 Å². The van der Waals surface area contributed by atoms with Crippen LogP contribution in [0.25, 0.3) is 10.8 Å². The number of rotatable bonds is 7. The molecule has 0 aliphatic rings. The molecule has 0 aromatic heterocycles. The lowest BCUT2D eigenvalue weighted by Gasteiger charge is -2.11. The van der Waals surface area contributed by atoms with Crippen LogP contribution < -0.4 is 14.9 Å². The molecule has 0 saturated heterocycles. The second kappa shape index (κ2) is 10.8. The van der Waals surface area contributed by atoms with E-state index in [1.165, 1.54) is 6.21 Å². The first-order valence-corrected chi connectivity index (χ1v) is 11.0. The van der Waals surface area contributed by atoms with Crippen molar-refractivity contribution in [3.8, 4) is 11.5 Å². The van der Waals surface area contributed by atoms with Crippen LogP contribution in [0.15, 0.2) is 90.0 Å². The minimum Gasteiger partial charge on any atom is -0.484 e. The van der Waals surface area contributed by atoms with Gasteiger partial charge < -0.3 is 9.47 Å². The highest BCUT2D eigenvalue weighted by Crippen LogP contribution is 2.28. The molecule has 4 rings (SSSR count). The van der Waals surface area contributed by atoms with Crippen molar-refractivity contribution >= 4 is 52.1 Å². The molecule has 34 heavy (non-hydrogen) atoms. The lowest BCUT2D eigenvalue weighted by molar-refractivity contribution is -0.123. The van der Waals surface area contributed by atoms with Crippen LogP contribution in [-0.2, 0) is 4.79 Å². The number of halogens is 2. The molecule has 4 aromatic carbocycles. The Kier molecular flexibility index (Phi) is 7.42. The van der Waals surface area contributed by atoms with Gasteiger partial charge in [-0.2, -0.15) is 5.10 Å². The number of ether oxygens (including phenoxy) is 2. The van der Waals surface area contributed by atoms with Gasteiger partial charge in [-0.1, -0.05) is 71.7 Å². The second-order valence-electron chi connectivity index (χ2n) is 7.11. The average Bonchev–Trinajstić information content (AvgIpc) is 2.84. The van der Waals surface area contributed by atoms with E-state index in [2.05, 4.69) is 10.5 Å². The average molecular weight is 493 g/mol. The summed E-state index contributed by atoms with van der Waals surface area (Å²) >= 11 is 12.0. The summed E-state index contributed by atoms with van der Waals surface area (Å²) in [6.07, 6.45) is 1.43. The number of benzene rings is 4. The largest absolute Gasteiger partial charge is 0.484 e. The second-order valence-corrected chi connectivity index (χ2v) is 7.95. The molecule has 0 fully saturated rings. The van der Waals surface area contributed by atoms with Gasteiger partial charge in [0.1, 0.15) is 11.5 Å². The van der Waals surface area contributed by atoms with Gasteiger partial charge in [-0.05, 0) is 47.2 Å². The van der Waals surface area contributed by atoms with Crippen LogP contribution >= 0.6 is 23.2 Å². The first-order valence-electron chi connectivity index (χ1n) is 10.2. The number of nitrogens with one attached hydrogen (secondary N) is 1. The highest BCUT2D eigenvalue weighted by Gasteiger charge is 2.15. The predicted molar refractivity (Wildman–Crippen MR) is 133 cm³/mol. The summed E-state index contributed by atoms with van der Waals surface area (Å²) in [6.45, 7) is -0.248. The van der Waals surface area contributed by atoms with E-state index in [1.807, 2.05) is 30.3 Å². The van der Waals surface area contributed by atoms with E-state index < -0.39 is 11.9 Å². The predicted octanol–water partition coefficient (Wildman–Crippen LogP) is 5.89. The van der Waals surface area contributed by atoms with E-state index in [9.17, 15) is 9.59 Å². The van der Waals surface area contributed by atoms with Gasteiger partial charge in [0.2, 0.25) is 0 Å². The SMILES string of the molecule is O=C(COc1cccc(Cl)c1)NN=Cc1c(OC(=O)c2ccccc2Cl)ccc2ccccc12. The third kappa shape index (κ3) is 5.73. The Balaban J connectivity index is 1.52. The summed E-state index contributed by atoms with van der Waals surface area (Å²) in [5.41, 5.74) is 3.18. The lowest BCUT2D eigenvalue weighted by Crippen LogP contribution is -2.24. The van der Waals surface area contributed by atoms with Crippen molar-refractivity contribution < 1.29 is 19.1 Å². The van der Waals surface area contributed by atoms with Crippen LogP contribution in [0.1, 0.15) is 15.9 Å². The number of esters is 1. The number of nitrogens with zero attached hydrogens (tertiary/aromatic N) is 1. The zero-order chi connectivity index (χ0) is 23.9. The van der Waals surface area contributed by atoms with Gasteiger partial charge in [0.25, 0.3) is 5.91 Å². The molecule has 0 unspecified atom stereocenters. The number of hydrogen-bond acceptors (Lipinski definition) is 5. The number of carbonyl (C=O) groups excluding carboxylic acids is 2. The Bertz CT molecular complexity index is 1390. The fraction of sp³-hybridized carbons (Fsp3) is 0.0385. The van der Waals surface area contributed by atoms with Gasteiger partial charge in [-0.15, -0.1) is 0 Å². The number of carbonyl (C=O) groups is 2. The molecular formula is C26H18Cl2N2O4. The van der Waals surface area contributed by atoms with Gasteiger partial charge in [-0.25, -0.2) is 10.2 Å². The summed E-state index contributed by atoms with van der Waals surface area (Å²) in [5, 5.41) is 6.53. The van der Waals surface area contributed by atoms with Crippen LogP contribution in [0.4, 0.5) is 0 Å². The molecule has 0 saturated carbocycles. The maximum atomic E-state index is 12.7. The molecule has 1 amide bonds. The smallest absolute Gasteiger partial charge is 0.345 e. The summed E-state index contributed by atoms with van der Waals surface area (Å²) in [4.78, 5) is 24.9. The van der Waals surface area contributed by atoms with Crippen molar-refractivity contribution in [1.82, 2.24) is 5.43 Å². The molecule has 0 aliphatic heterocycles. The van der Waals surface area contributed by atoms with Crippen molar-refractivity contribution in [3.63, 3.8) is 0 Å². The third-order valence-corrected chi connectivity index (χ3v) is 5.34. The maximum absolute atomic E-state index is 12.7. The highest BCUT2D eigenvalue weighted by molar-refractivity contribution is 6.33. The maximum Gasteiger partial charge on any atom is 0.345 e. The first-order chi connectivity index (χ1) is 16.5. The van der Waals surface area contributed by atoms with Gasteiger partial charge in [0.15, 0.2) is 6.61 Å². The van der Waals surface area contributed by atoms with Crippen LogP contribution in [0.2, 0.25) is 10.0 Å². The van der Waals surface area contributed by atoms with E-state index >= 15 is 0 Å². The molecule has 170 valence electrons. The first kappa shape index (κ1) is 23.3. The fourth-order valence-electron chi connectivity index (χ4n) is 3.19. The molecule has 0 atom stereocenters. The van der Waals surface area contributed by atoms with Gasteiger partial charge in [0.05, 0.1) is 16.8 Å². The van der Waals surface area contributed by atoms with Crippen molar-refractivity contribution in [2.75, 3.05) is 6.61 Å². The van der Waals surface area contributed by atoms with Crippen molar-refractivity contribution in [1.29, 1.82) is 0 Å². The number of amides is 1. The topological polar surface area (TPSA) is 77.0 Å². The van der Waals surface area contributed by atoms with Crippen LogP contribution in [-0.4, -0.2) is 24.7 Å². The van der Waals surface area contributed by atoms with Crippen molar-refractivity contribution in [2.45, 2.75) is 0 Å². The van der Waals surface area contributed by atoms with E-state index in [-0.39, 0.29) is 22.9 Å². The highest BCUT2D eigenvalue weighted by atomic mass is 35.5. The van der Waals surface area contributed by atoms with Gasteiger partial charge >= 0.3 is 5.97 Å². The van der Waals surface area contributed by atoms with Crippen LogP contribution in [0.3, 0.4) is 0 Å². The van der Waals surface area contributed by atoms with Crippen LogP contribution in [0, 0.1) is 0 Å². The Morgan fingerprint density at radius 3 is 2.53 bits per heavy atom. The molecule has 0 aliphatic carbocycles. The summed E-state index contributed by atoms with van der Waals surface area (Å²) in [5.74, 6) is -0.327. The molecule has 6 nitrogen and oxygen atoms in total. The molecule has 8 heteroatoms. The van der Waals surface area contributed by atoms with Gasteiger partial charge in [-0.3, -0.25) is 4.79 Å². The van der Waals surface area contributed by atoms with Crippen molar-refractivity contribution in [2.24, 2.45) is 5.10 Å². The van der Waals surface area contributed by atoms with Crippen molar-refractivity contribution in [3.05, 3.63) is 106 Å². The molecular weight excluding hydrogens is 475 g/mol. The zero-order valence-corrected chi connectivity index (χ0v) is 19.2. The van der Waals surface area contributed by atoms with E-state index in [1.54, 1.807) is 54.6 Å². The molecule has 0 bridgehead atoms. The Hall–Kier alpha value is -3.87. The Morgan fingerprint density at radius 2 is 1.71 bits per heavy atom. The normalized spacial score (nSPS) is 10.9. The fourth-order valence-corrected chi connectivity index (χ4v) is 3.58. The summed E-state index contributed by atoms with van der Waals surface area (Å²) in [6, 6.07) is 24.4. The molecule has 0 heterocycles. The Labute approximate surface area is 205 Å². The number of hydrogen-bond donors (Lipinski definition) is 1. The third-order valence-electron chi connectivity index (χ3n) is 4.78. The number of hydrazone groups is 1. The molecule has 4 aromatic rings. The monoisotopic (exact) mass is 492 g/mol. The van der Waals surface area contributed by atoms with E-state index in [4.69, 9.17) is 32.7 Å². The molecule has 0 spiro atoms. The standard InChI is InChI=1S/C26H18Cl2N2O4/c27-18-7-5-8-19(14-18)33-16-25(31)30-29-15-22-20-9-2-1-6-17(20)12-13-24(22)34-26(32)21-10-3-4-11-23(21)28/h1-15H,16H2,(H,30,31). The molecule has 1 N–H and O–H groups in total. The van der Waals surface area contributed by atoms with E-state index in [0.29, 0.717) is 16.3 Å². The Morgan fingerprint density at radius 1 is 0.912 bits per heavy atom. The summed E-state index contributed by atoms with van der Waals surface area (Å²) in [7, 11) is 0. The molecule has 0 radical (unpaired) electrons. The van der Waals surface area contributed by atoms with E-state index in [0.717, 1.165) is 10.8 Å². The quantitative estimate of drug-likeness (QED) is 0.151. The van der Waals surface area contributed by atoms with Gasteiger partial charge in [0, 0.05) is 10.6 Å². The summed E-state index contributed by atoms with van der Waals surface area (Å²) < 4.78 is 11.0. The lowest BCUT2D eigenvalue weighted by atomic mass is 10.0. The number of fused-ring (bicyclic) bond motifs is 1. The minimum absolute atomic E-state index is 0.242. The zero-order valence-electron chi connectivity index (χ0n) is 17.7. The minimum atomic E-state index is -0.602.